The average Bonchev–Trinajstić information content (AvgIpc) is 3.26. The lowest BCUT2D eigenvalue weighted by atomic mass is 10.0. The number of aromatic nitrogens is 2. The van der Waals surface area contributed by atoms with Gasteiger partial charge in [-0.2, -0.15) is 4.98 Å². The van der Waals surface area contributed by atoms with Gasteiger partial charge >= 0.3 is 0 Å². The van der Waals surface area contributed by atoms with Gasteiger partial charge in [0.25, 0.3) is 11.8 Å². The SMILES string of the molecule is C[C@@H]1CCCN(C(=O)COc2ccccc2-c2noc(COc3ccc(F)cc3)n2)C1. The molecule has 0 bridgehead atoms. The number of rotatable bonds is 7. The van der Waals surface area contributed by atoms with Crippen molar-refractivity contribution < 1.29 is 23.2 Å². The summed E-state index contributed by atoms with van der Waals surface area (Å²) in [6.07, 6.45) is 2.17. The quantitative estimate of drug-likeness (QED) is 0.567. The Bertz CT molecular complexity index is 1020. The van der Waals surface area contributed by atoms with Crippen molar-refractivity contribution in [3.8, 4) is 22.9 Å². The minimum atomic E-state index is -0.336. The number of carbonyl (C=O) groups is 1. The topological polar surface area (TPSA) is 77.7 Å². The molecule has 0 N–H and O–H groups in total. The number of nitrogens with zero attached hydrogens (tertiary/aromatic N) is 3. The maximum Gasteiger partial charge on any atom is 0.264 e. The van der Waals surface area contributed by atoms with Gasteiger partial charge in [0.1, 0.15) is 17.3 Å². The number of ether oxygens (including phenoxy) is 2. The zero-order chi connectivity index (χ0) is 21.6. The molecule has 0 saturated carbocycles. The lowest BCUT2D eigenvalue weighted by Crippen LogP contribution is -2.41. The molecule has 162 valence electrons. The number of hydrogen-bond donors (Lipinski definition) is 0. The van der Waals surface area contributed by atoms with Crippen molar-refractivity contribution in [2.24, 2.45) is 5.92 Å². The highest BCUT2D eigenvalue weighted by Crippen LogP contribution is 2.28. The largest absolute Gasteiger partial charge is 0.484 e. The van der Waals surface area contributed by atoms with Crippen molar-refractivity contribution in [3.63, 3.8) is 0 Å². The summed E-state index contributed by atoms with van der Waals surface area (Å²) in [4.78, 5) is 18.7. The van der Waals surface area contributed by atoms with Crippen LogP contribution in [0.4, 0.5) is 4.39 Å². The van der Waals surface area contributed by atoms with E-state index in [-0.39, 0.29) is 30.8 Å². The number of benzene rings is 2. The van der Waals surface area contributed by atoms with E-state index in [9.17, 15) is 9.18 Å². The zero-order valence-electron chi connectivity index (χ0n) is 17.3. The van der Waals surface area contributed by atoms with Crippen LogP contribution in [0, 0.1) is 11.7 Å². The first-order chi connectivity index (χ1) is 15.1. The van der Waals surface area contributed by atoms with Gasteiger partial charge in [-0.25, -0.2) is 4.39 Å². The normalized spacial score (nSPS) is 16.2. The van der Waals surface area contributed by atoms with E-state index in [1.165, 1.54) is 24.3 Å². The molecule has 1 aromatic heterocycles. The van der Waals surface area contributed by atoms with Gasteiger partial charge in [0.2, 0.25) is 5.82 Å². The van der Waals surface area contributed by atoms with E-state index in [0.717, 1.165) is 25.9 Å². The van der Waals surface area contributed by atoms with Crippen molar-refractivity contribution in [1.82, 2.24) is 15.0 Å². The summed E-state index contributed by atoms with van der Waals surface area (Å²) >= 11 is 0. The van der Waals surface area contributed by atoms with Crippen molar-refractivity contribution in [1.29, 1.82) is 0 Å². The Morgan fingerprint density at radius 1 is 1.19 bits per heavy atom. The molecule has 0 spiro atoms. The summed E-state index contributed by atoms with van der Waals surface area (Å²) in [7, 11) is 0. The number of halogens is 1. The molecule has 31 heavy (non-hydrogen) atoms. The fraction of sp³-hybridized carbons (Fsp3) is 0.348. The maximum absolute atomic E-state index is 13.0. The Morgan fingerprint density at radius 3 is 2.81 bits per heavy atom. The van der Waals surface area contributed by atoms with Crippen LogP contribution in [0.2, 0.25) is 0 Å². The van der Waals surface area contributed by atoms with Crippen molar-refractivity contribution >= 4 is 5.91 Å². The highest BCUT2D eigenvalue weighted by molar-refractivity contribution is 5.78. The third-order valence-corrected chi connectivity index (χ3v) is 5.13. The Hall–Kier alpha value is -3.42. The molecule has 1 aliphatic heterocycles. The number of amides is 1. The number of likely N-dealkylation sites (tertiary alicyclic amines) is 1. The molecule has 0 radical (unpaired) electrons. The van der Waals surface area contributed by atoms with E-state index in [2.05, 4.69) is 17.1 Å². The lowest BCUT2D eigenvalue weighted by molar-refractivity contribution is -0.135. The third kappa shape index (κ3) is 5.39. The van der Waals surface area contributed by atoms with Crippen LogP contribution in [0.15, 0.2) is 53.1 Å². The van der Waals surface area contributed by atoms with Crippen LogP contribution in [0.1, 0.15) is 25.7 Å². The number of carbonyl (C=O) groups excluding carboxylic acids is 1. The fourth-order valence-electron chi connectivity index (χ4n) is 3.52. The highest BCUT2D eigenvalue weighted by Gasteiger charge is 2.22. The van der Waals surface area contributed by atoms with Gasteiger partial charge in [-0.3, -0.25) is 4.79 Å². The smallest absolute Gasteiger partial charge is 0.264 e. The molecule has 2 aromatic carbocycles. The molecule has 2 heterocycles. The van der Waals surface area contributed by atoms with Gasteiger partial charge in [0.05, 0.1) is 5.56 Å². The molecule has 8 heteroatoms. The van der Waals surface area contributed by atoms with Crippen LogP contribution < -0.4 is 9.47 Å². The molecule has 1 aliphatic rings. The van der Waals surface area contributed by atoms with Crippen molar-refractivity contribution in [3.05, 3.63) is 60.2 Å². The predicted octanol–water partition coefficient (Wildman–Crippen LogP) is 4.09. The van der Waals surface area contributed by atoms with Crippen LogP contribution in [0.3, 0.4) is 0 Å². The predicted molar refractivity (Wildman–Crippen MR) is 111 cm³/mol. The molecular formula is C23H24FN3O4. The highest BCUT2D eigenvalue weighted by atomic mass is 19.1. The van der Waals surface area contributed by atoms with Crippen molar-refractivity contribution in [2.45, 2.75) is 26.4 Å². The Balaban J connectivity index is 1.39. The van der Waals surface area contributed by atoms with Crippen LogP contribution >= 0.6 is 0 Å². The molecule has 4 rings (SSSR count). The van der Waals surface area contributed by atoms with Gasteiger partial charge in [0, 0.05) is 13.1 Å². The molecular weight excluding hydrogens is 401 g/mol. The average molecular weight is 425 g/mol. The van der Waals surface area contributed by atoms with Gasteiger partial charge in [-0.1, -0.05) is 24.2 Å². The first kappa shape index (κ1) is 20.8. The van der Waals surface area contributed by atoms with Crippen LogP contribution in [-0.2, 0) is 11.4 Å². The molecule has 3 aromatic rings. The molecule has 0 aliphatic carbocycles. The molecule has 1 amide bonds. The third-order valence-electron chi connectivity index (χ3n) is 5.13. The van der Waals surface area contributed by atoms with Crippen LogP contribution in [0.25, 0.3) is 11.4 Å². The minimum absolute atomic E-state index is 0.0251. The molecule has 0 unspecified atom stereocenters. The van der Waals surface area contributed by atoms with E-state index >= 15 is 0 Å². The van der Waals surface area contributed by atoms with Crippen LogP contribution in [-0.4, -0.2) is 40.6 Å². The lowest BCUT2D eigenvalue weighted by Gasteiger charge is -2.30. The van der Waals surface area contributed by atoms with E-state index in [0.29, 0.717) is 28.8 Å². The molecule has 1 saturated heterocycles. The van der Waals surface area contributed by atoms with E-state index in [1.54, 1.807) is 12.1 Å². The van der Waals surface area contributed by atoms with E-state index < -0.39 is 0 Å². The van der Waals surface area contributed by atoms with Gasteiger partial charge < -0.3 is 18.9 Å². The number of hydrogen-bond acceptors (Lipinski definition) is 6. The second kappa shape index (κ2) is 9.59. The Labute approximate surface area is 179 Å². The first-order valence-electron chi connectivity index (χ1n) is 10.3. The maximum atomic E-state index is 13.0. The second-order valence-corrected chi connectivity index (χ2v) is 7.63. The van der Waals surface area contributed by atoms with Gasteiger partial charge in [-0.05, 0) is 55.2 Å². The number of para-hydroxylation sites is 1. The molecule has 7 nitrogen and oxygen atoms in total. The Kier molecular flexibility index (Phi) is 6.45. The Morgan fingerprint density at radius 2 is 2.00 bits per heavy atom. The summed E-state index contributed by atoms with van der Waals surface area (Å²) in [6, 6.07) is 12.9. The molecule has 1 fully saturated rings. The monoisotopic (exact) mass is 425 g/mol. The van der Waals surface area contributed by atoms with Gasteiger partial charge in [0.15, 0.2) is 13.2 Å². The summed E-state index contributed by atoms with van der Waals surface area (Å²) < 4.78 is 29.6. The summed E-state index contributed by atoms with van der Waals surface area (Å²) in [6.45, 7) is 3.71. The summed E-state index contributed by atoms with van der Waals surface area (Å²) in [5, 5.41) is 4.00. The molecule has 1 atom stereocenters. The second-order valence-electron chi connectivity index (χ2n) is 7.63. The number of piperidine rings is 1. The zero-order valence-corrected chi connectivity index (χ0v) is 17.3. The fourth-order valence-corrected chi connectivity index (χ4v) is 3.52. The standard InChI is InChI=1S/C23H24FN3O4/c1-16-5-4-12-27(13-16)22(28)15-30-20-7-3-2-6-19(20)23-25-21(31-26-23)14-29-18-10-8-17(24)9-11-18/h2-3,6-11,16H,4-5,12-15H2,1H3/t16-/m1/s1. The van der Waals surface area contributed by atoms with Gasteiger partial charge in [-0.15, -0.1) is 0 Å². The minimum Gasteiger partial charge on any atom is -0.484 e. The summed E-state index contributed by atoms with van der Waals surface area (Å²) in [5.41, 5.74) is 0.624. The summed E-state index contributed by atoms with van der Waals surface area (Å²) in [5.74, 6) is 1.77. The first-order valence-corrected chi connectivity index (χ1v) is 10.3. The van der Waals surface area contributed by atoms with E-state index in [1.807, 2.05) is 17.0 Å². The van der Waals surface area contributed by atoms with Crippen LogP contribution in [0.5, 0.6) is 11.5 Å². The van der Waals surface area contributed by atoms with E-state index in [4.69, 9.17) is 14.0 Å². The van der Waals surface area contributed by atoms with Crippen molar-refractivity contribution in [2.75, 3.05) is 19.7 Å².